The fraction of sp³-hybridized carbons (Fsp3) is 0.0625. The molecule has 0 aliphatic rings. The molecule has 0 radical (unpaired) electrons. The molecule has 3 aromatic rings. The van der Waals surface area contributed by atoms with E-state index in [-0.39, 0.29) is 0 Å². The molecule has 0 amide bonds. The summed E-state index contributed by atoms with van der Waals surface area (Å²) in [6.07, 6.45) is 2.06. The van der Waals surface area contributed by atoms with Crippen molar-refractivity contribution in [2.45, 2.75) is 4.90 Å². The second kappa shape index (κ2) is 6.92. The summed E-state index contributed by atoms with van der Waals surface area (Å²) in [4.78, 5) is 5.80. The molecule has 0 saturated heterocycles. The van der Waals surface area contributed by atoms with E-state index in [1.807, 2.05) is 35.7 Å². The third-order valence-corrected chi connectivity index (χ3v) is 5.20. The largest absolute Gasteiger partial charge is 0.332 e. The average molecular weight is 367 g/mol. The molecule has 0 spiro atoms. The first-order valence-electron chi connectivity index (χ1n) is 6.48. The molecule has 0 bridgehead atoms. The maximum absolute atomic E-state index is 6.22. The highest BCUT2D eigenvalue weighted by molar-refractivity contribution is 7.98. The molecule has 0 fully saturated rings. The van der Waals surface area contributed by atoms with E-state index < -0.39 is 0 Å². The molecule has 1 heterocycles. The Morgan fingerprint density at radius 3 is 2.36 bits per heavy atom. The number of benzene rings is 2. The average Bonchev–Trinajstić information content (AvgIpc) is 2.96. The van der Waals surface area contributed by atoms with Crippen LogP contribution in [0.1, 0.15) is 0 Å². The molecule has 0 unspecified atom stereocenters. The highest BCUT2D eigenvalue weighted by atomic mass is 35.5. The van der Waals surface area contributed by atoms with Gasteiger partial charge in [-0.15, -0.1) is 23.1 Å². The van der Waals surface area contributed by atoms with Gasteiger partial charge in [0.15, 0.2) is 5.13 Å². The van der Waals surface area contributed by atoms with Crippen LogP contribution >= 0.6 is 46.3 Å². The summed E-state index contributed by atoms with van der Waals surface area (Å²) in [7, 11) is 0. The number of hydrogen-bond acceptors (Lipinski definition) is 4. The minimum Gasteiger partial charge on any atom is -0.332 e. The van der Waals surface area contributed by atoms with Gasteiger partial charge in [-0.1, -0.05) is 29.3 Å². The second-order valence-electron chi connectivity index (χ2n) is 4.49. The summed E-state index contributed by atoms with van der Waals surface area (Å²) in [5.41, 5.74) is 2.56. The molecule has 0 saturated carbocycles. The van der Waals surface area contributed by atoms with Gasteiger partial charge in [0, 0.05) is 21.5 Å². The van der Waals surface area contributed by atoms with Gasteiger partial charge in [0.25, 0.3) is 0 Å². The van der Waals surface area contributed by atoms with Crippen molar-refractivity contribution in [3.8, 4) is 11.3 Å². The summed E-state index contributed by atoms with van der Waals surface area (Å²) in [6, 6.07) is 13.7. The third kappa shape index (κ3) is 3.41. The third-order valence-electron chi connectivity index (χ3n) is 3.06. The fourth-order valence-corrected chi connectivity index (χ4v) is 3.71. The van der Waals surface area contributed by atoms with Crippen LogP contribution < -0.4 is 5.32 Å². The Hall–Kier alpha value is -1.20. The van der Waals surface area contributed by atoms with Gasteiger partial charge >= 0.3 is 0 Å². The fourth-order valence-electron chi connectivity index (χ4n) is 1.99. The van der Waals surface area contributed by atoms with Gasteiger partial charge in [0.05, 0.1) is 15.7 Å². The van der Waals surface area contributed by atoms with Crippen molar-refractivity contribution in [2.75, 3.05) is 11.6 Å². The van der Waals surface area contributed by atoms with Crippen LogP contribution in [-0.4, -0.2) is 11.2 Å². The monoisotopic (exact) mass is 366 g/mol. The quantitative estimate of drug-likeness (QED) is 0.527. The number of thioether (sulfide) groups is 1. The zero-order chi connectivity index (χ0) is 15.5. The van der Waals surface area contributed by atoms with E-state index in [4.69, 9.17) is 23.2 Å². The summed E-state index contributed by atoms with van der Waals surface area (Å²) in [5.74, 6) is 0. The SMILES string of the molecule is CSc1ccc(Nc2nc(-c3c(Cl)cccc3Cl)cs2)cc1. The molecule has 0 aliphatic heterocycles. The van der Waals surface area contributed by atoms with Crippen LogP contribution in [0, 0.1) is 0 Å². The van der Waals surface area contributed by atoms with Crippen molar-refractivity contribution in [1.29, 1.82) is 0 Å². The Morgan fingerprint density at radius 2 is 1.73 bits per heavy atom. The first kappa shape index (κ1) is 15.7. The molecule has 1 N–H and O–H groups in total. The number of nitrogens with zero attached hydrogens (tertiary/aromatic N) is 1. The van der Waals surface area contributed by atoms with E-state index >= 15 is 0 Å². The lowest BCUT2D eigenvalue weighted by Crippen LogP contribution is -1.89. The molecule has 112 valence electrons. The minimum absolute atomic E-state index is 0.605. The van der Waals surface area contributed by atoms with E-state index in [1.54, 1.807) is 11.8 Å². The van der Waals surface area contributed by atoms with E-state index in [9.17, 15) is 0 Å². The van der Waals surface area contributed by atoms with Crippen LogP contribution in [0.3, 0.4) is 0 Å². The van der Waals surface area contributed by atoms with Gasteiger partial charge < -0.3 is 5.32 Å². The first-order valence-corrected chi connectivity index (χ1v) is 9.34. The maximum atomic E-state index is 6.22. The predicted molar refractivity (Wildman–Crippen MR) is 99.1 cm³/mol. The van der Waals surface area contributed by atoms with Crippen molar-refractivity contribution in [3.63, 3.8) is 0 Å². The van der Waals surface area contributed by atoms with Crippen molar-refractivity contribution in [3.05, 3.63) is 57.9 Å². The molecule has 2 aromatic carbocycles. The molecule has 2 nitrogen and oxygen atoms in total. The van der Waals surface area contributed by atoms with Gasteiger partial charge in [0.1, 0.15) is 0 Å². The highest BCUT2D eigenvalue weighted by Gasteiger charge is 2.12. The standard InChI is InChI=1S/C16H12Cl2N2S2/c1-21-11-7-5-10(6-8-11)19-16-20-14(9-22-16)15-12(17)3-2-4-13(15)18/h2-9H,1H3,(H,19,20). The number of nitrogens with one attached hydrogen (secondary N) is 1. The first-order chi connectivity index (χ1) is 10.7. The summed E-state index contributed by atoms with van der Waals surface area (Å²) in [5, 5.41) is 7.27. The number of halogens is 2. The number of anilines is 2. The van der Waals surface area contributed by atoms with Crippen LogP contribution in [0.2, 0.25) is 10.0 Å². The van der Waals surface area contributed by atoms with E-state index in [2.05, 4.69) is 28.7 Å². The van der Waals surface area contributed by atoms with E-state index in [0.717, 1.165) is 22.1 Å². The smallest absolute Gasteiger partial charge is 0.187 e. The number of hydrogen-bond donors (Lipinski definition) is 1. The predicted octanol–water partition coefficient (Wildman–Crippen LogP) is 6.58. The van der Waals surface area contributed by atoms with E-state index in [1.165, 1.54) is 16.2 Å². The summed E-state index contributed by atoms with van der Waals surface area (Å²) < 4.78 is 0. The van der Waals surface area contributed by atoms with Gasteiger partial charge in [-0.25, -0.2) is 4.98 Å². The van der Waals surface area contributed by atoms with E-state index in [0.29, 0.717) is 10.0 Å². The Morgan fingerprint density at radius 1 is 1.05 bits per heavy atom. The normalized spacial score (nSPS) is 10.7. The number of aromatic nitrogens is 1. The van der Waals surface area contributed by atoms with Gasteiger partial charge in [-0.3, -0.25) is 0 Å². The zero-order valence-corrected chi connectivity index (χ0v) is 14.8. The molecule has 0 aliphatic carbocycles. The van der Waals surface area contributed by atoms with Crippen molar-refractivity contribution in [1.82, 2.24) is 4.98 Å². The number of rotatable bonds is 4. The molecular weight excluding hydrogens is 355 g/mol. The lowest BCUT2D eigenvalue weighted by atomic mass is 10.2. The highest BCUT2D eigenvalue weighted by Crippen LogP contribution is 2.36. The van der Waals surface area contributed by atoms with Gasteiger partial charge in [-0.2, -0.15) is 0 Å². The molecular formula is C16H12Cl2N2S2. The summed E-state index contributed by atoms with van der Waals surface area (Å²) in [6.45, 7) is 0. The van der Waals surface area contributed by atoms with Crippen LogP contribution in [-0.2, 0) is 0 Å². The molecule has 22 heavy (non-hydrogen) atoms. The lowest BCUT2D eigenvalue weighted by Gasteiger charge is -2.04. The Kier molecular flexibility index (Phi) is 4.93. The van der Waals surface area contributed by atoms with Crippen molar-refractivity contribution >= 4 is 57.1 Å². The minimum atomic E-state index is 0.605. The maximum Gasteiger partial charge on any atom is 0.187 e. The molecule has 0 atom stereocenters. The van der Waals surface area contributed by atoms with Crippen LogP contribution in [0.5, 0.6) is 0 Å². The molecule has 6 heteroatoms. The van der Waals surface area contributed by atoms with Gasteiger partial charge in [-0.05, 0) is 42.7 Å². The Balaban J connectivity index is 1.84. The van der Waals surface area contributed by atoms with Crippen LogP contribution in [0.25, 0.3) is 11.3 Å². The van der Waals surface area contributed by atoms with Crippen molar-refractivity contribution < 1.29 is 0 Å². The van der Waals surface area contributed by atoms with Crippen molar-refractivity contribution in [2.24, 2.45) is 0 Å². The van der Waals surface area contributed by atoms with Crippen LogP contribution in [0.15, 0.2) is 52.7 Å². The zero-order valence-electron chi connectivity index (χ0n) is 11.6. The van der Waals surface area contributed by atoms with Crippen LogP contribution in [0.4, 0.5) is 10.8 Å². The number of thiazole rings is 1. The molecule has 1 aromatic heterocycles. The summed E-state index contributed by atoms with van der Waals surface area (Å²) >= 11 is 15.7. The van der Waals surface area contributed by atoms with Gasteiger partial charge in [0.2, 0.25) is 0 Å². The Labute approximate surface area is 147 Å². The molecule has 3 rings (SSSR count). The second-order valence-corrected chi connectivity index (χ2v) is 7.04. The Bertz CT molecular complexity index is 765. The lowest BCUT2D eigenvalue weighted by molar-refractivity contribution is 1.37. The topological polar surface area (TPSA) is 24.9 Å².